The molecule has 98 valence electrons. The third-order valence-electron chi connectivity index (χ3n) is 2.06. The number of furan rings is 1. The van der Waals surface area contributed by atoms with Crippen LogP contribution in [0, 0.1) is 0 Å². The van der Waals surface area contributed by atoms with E-state index in [1.165, 1.54) is 18.4 Å². The summed E-state index contributed by atoms with van der Waals surface area (Å²) in [7, 11) is 0. The molecule has 0 aromatic carbocycles. The molecule has 2 aromatic heterocycles. The molecule has 2 rings (SSSR count). The standard InChI is InChI=1S/C10H8N4O5/c15-7-5(8(16)13-10(18)12-7)4-11-14-9(17)6-2-1-3-19-6/h1-4H,(H,14,17)(H3,12,13,15,16,18)/b11-4+. The maximum Gasteiger partial charge on any atom is 0.328 e. The lowest BCUT2D eigenvalue weighted by molar-refractivity contribution is 0.0927. The van der Waals surface area contributed by atoms with Crippen LogP contribution in [0.25, 0.3) is 0 Å². The minimum Gasteiger partial charge on any atom is -0.494 e. The van der Waals surface area contributed by atoms with Crippen LogP contribution < -0.4 is 16.7 Å². The minimum atomic E-state index is -0.848. The van der Waals surface area contributed by atoms with Crippen LogP contribution in [0.4, 0.5) is 0 Å². The molecule has 0 fully saturated rings. The Morgan fingerprint density at radius 2 is 2.21 bits per heavy atom. The molecular formula is C10H8N4O5. The summed E-state index contributed by atoms with van der Waals surface area (Å²) in [5.74, 6) is -1.23. The number of nitrogens with zero attached hydrogens (tertiary/aromatic N) is 1. The summed E-state index contributed by atoms with van der Waals surface area (Å²) in [5.41, 5.74) is 0.107. The van der Waals surface area contributed by atoms with Gasteiger partial charge in [-0.05, 0) is 12.1 Å². The summed E-state index contributed by atoms with van der Waals surface area (Å²) in [4.78, 5) is 37.4. The van der Waals surface area contributed by atoms with Crippen LogP contribution in [0.1, 0.15) is 16.1 Å². The smallest absolute Gasteiger partial charge is 0.328 e. The molecule has 0 unspecified atom stereocenters. The van der Waals surface area contributed by atoms with Crippen molar-refractivity contribution < 1.29 is 14.3 Å². The summed E-state index contributed by atoms with van der Waals surface area (Å²) >= 11 is 0. The van der Waals surface area contributed by atoms with Crippen molar-refractivity contribution in [2.45, 2.75) is 0 Å². The van der Waals surface area contributed by atoms with Gasteiger partial charge in [0.2, 0.25) is 5.88 Å². The fourth-order valence-electron chi connectivity index (χ4n) is 1.22. The molecule has 0 aliphatic rings. The predicted molar refractivity (Wildman–Crippen MR) is 63.1 cm³/mol. The third-order valence-corrected chi connectivity index (χ3v) is 2.06. The van der Waals surface area contributed by atoms with Crippen molar-refractivity contribution in [3.8, 4) is 5.88 Å². The van der Waals surface area contributed by atoms with E-state index in [2.05, 4.69) is 10.5 Å². The van der Waals surface area contributed by atoms with Crippen LogP contribution in [0.5, 0.6) is 5.88 Å². The molecule has 0 saturated heterocycles. The highest BCUT2D eigenvalue weighted by atomic mass is 16.3. The van der Waals surface area contributed by atoms with Crippen molar-refractivity contribution in [1.29, 1.82) is 0 Å². The maximum atomic E-state index is 11.4. The Morgan fingerprint density at radius 1 is 1.42 bits per heavy atom. The monoisotopic (exact) mass is 264 g/mol. The average Bonchev–Trinajstić information content (AvgIpc) is 2.85. The van der Waals surface area contributed by atoms with E-state index in [1.54, 1.807) is 0 Å². The van der Waals surface area contributed by atoms with Gasteiger partial charge in [-0.3, -0.25) is 19.6 Å². The fourth-order valence-corrected chi connectivity index (χ4v) is 1.22. The summed E-state index contributed by atoms with van der Waals surface area (Å²) < 4.78 is 4.81. The molecule has 2 aromatic rings. The Labute approximate surface area is 104 Å². The lowest BCUT2D eigenvalue weighted by atomic mass is 10.3. The SMILES string of the molecule is O=C(N/N=C/c1c(O)[nH]c(=O)[nH]c1=O)c1ccco1. The first-order valence-corrected chi connectivity index (χ1v) is 5.00. The first kappa shape index (κ1) is 12.4. The van der Waals surface area contributed by atoms with Crippen molar-refractivity contribution in [2.75, 3.05) is 0 Å². The lowest BCUT2D eigenvalue weighted by Crippen LogP contribution is -2.25. The normalized spacial score (nSPS) is 10.7. The highest BCUT2D eigenvalue weighted by molar-refractivity contribution is 5.92. The van der Waals surface area contributed by atoms with Crippen molar-refractivity contribution in [1.82, 2.24) is 15.4 Å². The van der Waals surface area contributed by atoms with Crippen LogP contribution in [0.15, 0.2) is 37.5 Å². The van der Waals surface area contributed by atoms with Gasteiger partial charge in [-0.25, -0.2) is 10.2 Å². The topological polar surface area (TPSA) is 141 Å². The zero-order valence-corrected chi connectivity index (χ0v) is 9.34. The molecule has 2 heterocycles. The van der Waals surface area contributed by atoms with Crippen molar-refractivity contribution >= 4 is 12.1 Å². The van der Waals surface area contributed by atoms with Gasteiger partial charge in [0.05, 0.1) is 12.5 Å². The Bertz CT molecular complexity index is 725. The molecule has 0 aliphatic carbocycles. The first-order chi connectivity index (χ1) is 9.08. The Balaban J connectivity index is 2.14. The number of aromatic nitrogens is 2. The number of hydrogen-bond donors (Lipinski definition) is 4. The van der Waals surface area contributed by atoms with E-state index in [0.717, 1.165) is 6.21 Å². The summed E-state index contributed by atoms with van der Waals surface area (Å²) in [5, 5.41) is 12.8. The van der Waals surface area contributed by atoms with Gasteiger partial charge < -0.3 is 9.52 Å². The van der Waals surface area contributed by atoms with Gasteiger partial charge in [0.25, 0.3) is 5.56 Å². The van der Waals surface area contributed by atoms with E-state index < -0.39 is 23.0 Å². The largest absolute Gasteiger partial charge is 0.494 e. The van der Waals surface area contributed by atoms with Gasteiger partial charge in [-0.1, -0.05) is 0 Å². The van der Waals surface area contributed by atoms with E-state index in [1.807, 2.05) is 9.97 Å². The fraction of sp³-hybridized carbons (Fsp3) is 0. The number of H-pyrrole nitrogens is 2. The third kappa shape index (κ3) is 2.77. The van der Waals surface area contributed by atoms with Crippen LogP contribution in [0.3, 0.4) is 0 Å². The van der Waals surface area contributed by atoms with E-state index >= 15 is 0 Å². The molecule has 19 heavy (non-hydrogen) atoms. The molecule has 0 atom stereocenters. The zero-order chi connectivity index (χ0) is 13.8. The molecule has 0 spiro atoms. The van der Waals surface area contributed by atoms with Gasteiger partial charge in [0, 0.05) is 0 Å². The van der Waals surface area contributed by atoms with Crippen LogP contribution in [-0.4, -0.2) is 27.2 Å². The second kappa shape index (κ2) is 5.04. The second-order valence-corrected chi connectivity index (χ2v) is 3.35. The molecule has 9 nitrogen and oxygen atoms in total. The van der Waals surface area contributed by atoms with Gasteiger partial charge in [0.1, 0.15) is 5.56 Å². The minimum absolute atomic E-state index is 0.0387. The molecular weight excluding hydrogens is 256 g/mol. The molecule has 0 aliphatic heterocycles. The summed E-state index contributed by atoms with van der Waals surface area (Å²) in [6.45, 7) is 0. The Hall–Kier alpha value is -3.10. The average molecular weight is 264 g/mol. The van der Waals surface area contributed by atoms with E-state index in [4.69, 9.17) is 4.42 Å². The molecule has 1 amide bonds. The van der Waals surface area contributed by atoms with Crippen molar-refractivity contribution in [3.63, 3.8) is 0 Å². The Kier molecular flexibility index (Phi) is 3.28. The van der Waals surface area contributed by atoms with Gasteiger partial charge in [-0.15, -0.1) is 0 Å². The first-order valence-electron chi connectivity index (χ1n) is 5.00. The van der Waals surface area contributed by atoms with Crippen molar-refractivity contribution in [2.24, 2.45) is 5.10 Å². The number of amides is 1. The molecule has 0 bridgehead atoms. The van der Waals surface area contributed by atoms with Gasteiger partial charge >= 0.3 is 11.6 Å². The number of aromatic hydroxyl groups is 1. The number of hydrogen-bond acceptors (Lipinski definition) is 6. The number of nitrogens with one attached hydrogen (secondary N) is 3. The van der Waals surface area contributed by atoms with Crippen LogP contribution >= 0.6 is 0 Å². The van der Waals surface area contributed by atoms with E-state index in [-0.39, 0.29) is 11.3 Å². The van der Waals surface area contributed by atoms with Crippen molar-refractivity contribution in [3.05, 3.63) is 50.6 Å². The number of rotatable bonds is 3. The molecule has 0 saturated carbocycles. The number of hydrazone groups is 1. The molecule has 0 radical (unpaired) electrons. The number of carbonyl (C=O) groups is 1. The maximum absolute atomic E-state index is 11.4. The van der Waals surface area contributed by atoms with E-state index in [9.17, 15) is 19.5 Å². The highest BCUT2D eigenvalue weighted by Gasteiger charge is 2.08. The number of aromatic amines is 2. The quantitative estimate of drug-likeness (QED) is 0.421. The van der Waals surface area contributed by atoms with Gasteiger partial charge in [-0.2, -0.15) is 5.10 Å². The summed E-state index contributed by atoms with van der Waals surface area (Å²) in [6, 6.07) is 2.95. The van der Waals surface area contributed by atoms with Crippen LogP contribution in [0.2, 0.25) is 0 Å². The van der Waals surface area contributed by atoms with Crippen LogP contribution in [-0.2, 0) is 0 Å². The highest BCUT2D eigenvalue weighted by Crippen LogP contribution is 2.01. The van der Waals surface area contributed by atoms with Gasteiger partial charge in [0.15, 0.2) is 5.76 Å². The second-order valence-electron chi connectivity index (χ2n) is 3.35. The van der Waals surface area contributed by atoms with E-state index in [0.29, 0.717) is 0 Å². The lowest BCUT2D eigenvalue weighted by Gasteiger charge is -1.97. The molecule has 9 heteroatoms. The predicted octanol–water partition coefficient (Wildman–Crippen LogP) is -0.874. The summed E-state index contributed by atoms with van der Waals surface area (Å²) in [6.07, 6.45) is 2.21. The molecule has 4 N–H and O–H groups in total. The number of carbonyl (C=O) groups excluding carboxylic acids is 1. The Morgan fingerprint density at radius 3 is 2.84 bits per heavy atom. The zero-order valence-electron chi connectivity index (χ0n) is 9.34.